The van der Waals surface area contributed by atoms with Gasteiger partial charge in [0, 0.05) is 22.1 Å². The van der Waals surface area contributed by atoms with Crippen molar-refractivity contribution in [3.8, 4) is 0 Å². The Bertz CT molecular complexity index is 511. The summed E-state index contributed by atoms with van der Waals surface area (Å²) in [6, 6.07) is 7.33. The third-order valence-corrected chi connectivity index (χ3v) is 2.99. The zero-order valence-electron chi connectivity index (χ0n) is 9.73. The van der Waals surface area contributed by atoms with Gasteiger partial charge in [-0.3, -0.25) is 4.79 Å². The fourth-order valence-electron chi connectivity index (χ4n) is 1.58. The number of carbonyl (C=O) groups excluding carboxylic acids is 1. The van der Waals surface area contributed by atoms with Gasteiger partial charge in [0.25, 0.3) is 5.91 Å². The smallest absolute Gasteiger partial charge is 0.251 e. The molecule has 0 unspecified atom stereocenters. The first-order valence-corrected chi connectivity index (χ1v) is 6.47. The van der Waals surface area contributed by atoms with E-state index in [0.29, 0.717) is 12.1 Å². The van der Waals surface area contributed by atoms with Gasteiger partial charge >= 0.3 is 0 Å². The van der Waals surface area contributed by atoms with Crippen LogP contribution < -0.4 is 5.32 Å². The number of hydrogen-bond donors (Lipinski definition) is 1. The quantitative estimate of drug-likeness (QED) is 0.864. The van der Waals surface area contributed by atoms with Gasteiger partial charge in [-0.05, 0) is 31.0 Å². The second-order valence-corrected chi connectivity index (χ2v) is 4.82. The summed E-state index contributed by atoms with van der Waals surface area (Å²) in [6.07, 6.45) is 5.02. The number of amides is 1. The van der Waals surface area contributed by atoms with Crippen LogP contribution in [0.5, 0.6) is 0 Å². The van der Waals surface area contributed by atoms with E-state index < -0.39 is 0 Å². The lowest BCUT2D eigenvalue weighted by molar-refractivity contribution is 0.0953. The lowest BCUT2D eigenvalue weighted by Gasteiger charge is -2.04. The second kappa shape index (κ2) is 6.35. The van der Waals surface area contributed by atoms with E-state index in [9.17, 15) is 4.79 Å². The van der Waals surface area contributed by atoms with Crippen LogP contribution in [-0.2, 0) is 6.42 Å². The molecule has 1 heterocycles. The Morgan fingerprint density at radius 1 is 1.44 bits per heavy atom. The van der Waals surface area contributed by atoms with Crippen LogP contribution >= 0.6 is 15.9 Å². The Kier molecular flexibility index (Phi) is 4.52. The number of halogens is 1. The summed E-state index contributed by atoms with van der Waals surface area (Å²) in [7, 11) is 0. The lowest BCUT2D eigenvalue weighted by atomic mass is 10.2. The zero-order valence-corrected chi connectivity index (χ0v) is 11.3. The van der Waals surface area contributed by atoms with E-state index in [0.717, 1.165) is 22.9 Å². The molecule has 18 heavy (non-hydrogen) atoms. The molecule has 0 atom stereocenters. The average molecular weight is 309 g/mol. The van der Waals surface area contributed by atoms with E-state index in [1.165, 1.54) is 0 Å². The third kappa shape index (κ3) is 3.70. The van der Waals surface area contributed by atoms with Gasteiger partial charge in [-0.2, -0.15) is 0 Å². The van der Waals surface area contributed by atoms with Gasteiger partial charge in [0.1, 0.15) is 6.26 Å². The first-order valence-electron chi connectivity index (χ1n) is 5.68. The summed E-state index contributed by atoms with van der Waals surface area (Å²) < 4.78 is 5.64. The topological polar surface area (TPSA) is 55.1 Å². The Morgan fingerprint density at radius 3 is 3.06 bits per heavy atom. The van der Waals surface area contributed by atoms with E-state index in [2.05, 4.69) is 26.4 Å². The summed E-state index contributed by atoms with van der Waals surface area (Å²) in [6.45, 7) is 0.635. The highest BCUT2D eigenvalue weighted by molar-refractivity contribution is 9.10. The maximum absolute atomic E-state index is 11.8. The van der Waals surface area contributed by atoms with Crippen LogP contribution in [0.25, 0.3) is 0 Å². The maximum Gasteiger partial charge on any atom is 0.251 e. The van der Waals surface area contributed by atoms with Gasteiger partial charge in [0.05, 0.1) is 6.20 Å². The minimum absolute atomic E-state index is 0.0541. The van der Waals surface area contributed by atoms with Gasteiger partial charge in [-0.15, -0.1) is 0 Å². The standard InChI is InChI=1S/C13H13BrN2O2/c14-12-5-1-4-11(7-12)13(17)15-6-2-3-10-8-16-18-9-10/h1,4-5,7-9H,2-3,6H2,(H,15,17). The highest BCUT2D eigenvalue weighted by Gasteiger charge is 2.04. The molecule has 0 spiro atoms. The van der Waals surface area contributed by atoms with Crippen molar-refractivity contribution < 1.29 is 9.32 Å². The minimum atomic E-state index is -0.0541. The molecular weight excluding hydrogens is 296 g/mol. The monoisotopic (exact) mass is 308 g/mol. The highest BCUT2D eigenvalue weighted by atomic mass is 79.9. The van der Waals surface area contributed by atoms with Crippen LogP contribution in [-0.4, -0.2) is 17.6 Å². The normalized spacial score (nSPS) is 10.3. The molecule has 1 aromatic heterocycles. The largest absolute Gasteiger partial charge is 0.364 e. The molecule has 1 aromatic carbocycles. The Morgan fingerprint density at radius 2 is 2.33 bits per heavy atom. The molecular formula is C13H13BrN2O2. The molecule has 2 aromatic rings. The molecule has 2 rings (SSSR count). The lowest BCUT2D eigenvalue weighted by Crippen LogP contribution is -2.24. The Balaban J connectivity index is 1.75. The van der Waals surface area contributed by atoms with Crippen LogP contribution in [0.2, 0.25) is 0 Å². The molecule has 0 aliphatic carbocycles. The fourth-order valence-corrected chi connectivity index (χ4v) is 1.98. The maximum atomic E-state index is 11.8. The average Bonchev–Trinajstić information content (AvgIpc) is 2.87. The number of rotatable bonds is 5. The summed E-state index contributed by atoms with van der Waals surface area (Å²) in [5, 5.41) is 6.50. The highest BCUT2D eigenvalue weighted by Crippen LogP contribution is 2.11. The molecule has 0 saturated heterocycles. The predicted octanol–water partition coefficient (Wildman–Crippen LogP) is 2.80. The number of aromatic nitrogens is 1. The summed E-state index contributed by atoms with van der Waals surface area (Å²) in [4.78, 5) is 11.8. The van der Waals surface area contributed by atoms with Crippen LogP contribution in [0, 0.1) is 0 Å². The Hall–Kier alpha value is -1.62. The molecule has 0 bridgehead atoms. The van der Waals surface area contributed by atoms with Gasteiger partial charge in [-0.25, -0.2) is 0 Å². The van der Waals surface area contributed by atoms with Gasteiger partial charge in [-0.1, -0.05) is 27.2 Å². The minimum Gasteiger partial charge on any atom is -0.364 e. The van der Waals surface area contributed by atoms with Crippen molar-refractivity contribution in [3.05, 3.63) is 52.3 Å². The molecule has 1 N–H and O–H groups in total. The van der Waals surface area contributed by atoms with Crippen molar-refractivity contribution in [3.63, 3.8) is 0 Å². The number of benzene rings is 1. The van der Waals surface area contributed by atoms with E-state index >= 15 is 0 Å². The predicted molar refractivity (Wildman–Crippen MR) is 71.3 cm³/mol. The van der Waals surface area contributed by atoms with E-state index in [1.54, 1.807) is 24.6 Å². The van der Waals surface area contributed by atoms with Crippen molar-refractivity contribution in [1.29, 1.82) is 0 Å². The van der Waals surface area contributed by atoms with E-state index in [4.69, 9.17) is 4.52 Å². The van der Waals surface area contributed by atoms with Crippen LogP contribution in [0.4, 0.5) is 0 Å². The van der Waals surface area contributed by atoms with Crippen LogP contribution in [0.15, 0.2) is 45.7 Å². The molecule has 4 nitrogen and oxygen atoms in total. The molecule has 0 saturated carbocycles. The van der Waals surface area contributed by atoms with Crippen molar-refractivity contribution in [2.75, 3.05) is 6.54 Å². The number of hydrogen-bond acceptors (Lipinski definition) is 3. The number of nitrogens with zero attached hydrogens (tertiary/aromatic N) is 1. The molecule has 0 radical (unpaired) electrons. The third-order valence-electron chi connectivity index (χ3n) is 2.50. The number of aryl methyl sites for hydroxylation is 1. The summed E-state index contributed by atoms with van der Waals surface area (Å²) in [5.41, 5.74) is 1.71. The second-order valence-electron chi connectivity index (χ2n) is 3.90. The van der Waals surface area contributed by atoms with E-state index in [1.807, 2.05) is 12.1 Å². The van der Waals surface area contributed by atoms with Gasteiger partial charge in [0.15, 0.2) is 0 Å². The van der Waals surface area contributed by atoms with Crippen molar-refractivity contribution in [2.24, 2.45) is 0 Å². The Labute approximate surface area is 113 Å². The van der Waals surface area contributed by atoms with Crippen LogP contribution in [0.3, 0.4) is 0 Å². The number of carbonyl (C=O) groups is 1. The molecule has 0 aliphatic rings. The van der Waals surface area contributed by atoms with Crippen molar-refractivity contribution >= 4 is 21.8 Å². The first kappa shape index (κ1) is 12.8. The number of nitrogens with one attached hydrogen (secondary N) is 1. The molecule has 94 valence electrons. The summed E-state index contributed by atoms with van der Waals surface area (Å²) in [5.74, 6) is -0.0541. The van der Waals surface area contributed by atoms with Crippen molar-refractivity contribution in [1.82, 2.24) is 10.5 Å². The molecule has 0 aliphatic heterocycles. The fraction of sp³-hybridized carbons (Fsp3) is 0.231. The molecule has 0 fully saturated rings. The van der Waals surface area contributed by atoms with Gasteiger partial charge in [0.2, 0.25) is 0 Å². The van der Waals surface area contributed by atoms with Gasteiger partial charge < -0.3 is 9.84 Å². The first-order chi connectivity index (χ1) is 8.75. The van der Waals surface area contributed by atoms with Crippen molar-refractivity contribution in [2.45, 2.75) is 12.8 Å². The SMILES string of the molecule is O=C(NCCCc1cnoc1)c1cccc(Br)c1. The zero-order chi connectivity index (χ0) is 12.8. The molecule has 5 heteroatoms. The summed E-state index contributed by atoms with van der Waals surface area (Å²) >= 11 is 3.34. The van der Waals surface area contributed by atoms with E-state index in [-0.39, 0.29) is 5.91 Å². The molecule has 1 amide bonds. The van der Waals surface area contributed by atoms with Crippen LogP contribution in [0.1, 0.15) is 22.3 Å².